The van der Waals surface area contributed by atoms with Gasteiger partial charge in [0.15, 0.2) is 5.75 Å². The molecule has 0 unspecified atom stereocenters. The molecule has 0 radical (unpaired) electrons. The molecular weight excluding hydrogens is 184 g/mol. The molecule has 0 saturated heterocycles. The van der Waals surface area contributed by atoms with Crippen LogP contribution in [-0.2, 0) is 0 Å². The van der Waals surface area contributed by atoms with Crippen molar-refractivity contribution in [2.75, 3.05) is 13.2 Å². The van der Waals surface area contributed by atoms with Crippen molar-refractivity contribution < 1.29 is 14.6 Å². The molecule has 1 rings (SSSR count). The first-order valence-corrected chi connectivity index (χ1v) is 4.26. The van der Waals surface area contributed by atoms with E-state index in [4.69, 9.17) is 15.6 Å². The zero-order chi connectivity index (χ0) is 10.4. The van der Waals surface area contributed by atoms with Crippen molar-refractivity contribution in [3.05, 3.63) is 24.0 Å². The molecular formula is C9H12N2O3. The second-order valence-corrected chi connectivity index (χ2v) is 2.67. The van der Waals surface area contributed by atoms with Gasteiger partial charge in [0.1, 0.15) is 5.56 Å². The van der Waals surface area contributed by atoms with Gasteiger partial charge in [-0.2, -0.15) is 0 Å². The molecule has 3 N–H and O–H groups in total. The number of carbonyl (C=O) groups is 1. The van der Waals surface area contributed by atoms with Gasteiger partial charge in [-0.1, -0.05) is 0 Å². The minimum Gasteiger partial charge on any atom is -0.491 e. The summed E-state index contributed by atoms with van der Waals surface area (Å²) in [6.45, 7) is 0.922. The van der Waals surface area contributed by atoms with Crippen LogP contribution in [-0.4, -0.2) is 29.2 Å². The highest BCUT2D eigenvalue weighted by Crippen LogP contribution is 2.15. The molecule has 1 aromatic heterocycles. The molecule has 0 saturated carbocycles. The molecule has 0 aliphatic heterocycles. The highest BCUT2D eigenvalue weighted by Gasteiger charge is 2.09. The number of nitrogens with two attached hydrogens (primary N) is 1. The lowest BCUT2D eigenvalue weighted by atomic mass is 10.2. The van der Waals surface area contributed by atoms with Crippen molar-refractivity contribution >= 4 is 5.97 Å². The topological polar surface area (TPSA) is 85.4 Å². The lowest BCUT2D eigenvalue weighted by molar-refractivity contribution is 0.0692. The normalized spacial score (nSPS) is 9.79. The van der Waals surface area contributed by atoms with Gasteiger partial charge in [0.05, 0.1) is 12.8 Å². The summed E-state index contributed by atoms with van der Waals surface area (Å²) in [7, 11) is 0. The van der Waals surface area contributed by atoms with E-state index in [-0.39, 0.29) is 11.3 Å². The van der Waals surface area contributed by atoms with Crippen molar-refractivity contribution in [2.24, 2.45) is 5.73 Å². The minimum atomic E-state index is -1.02. The van der Waals surface area contributed by atoms with Gasteiger partial charge in [-0.05, 0) is 19.0 Å². The number of hydrogen-bond donors (Lipinski definition) is 2. The van der Waals surface area contributed by atoms with Crippen LogP contribution in [0.1, 0.15) is 16.8 Å². The number of hydrogen-bond acceptors (Lipinski definition) is 4. The maximum Gasteiger partial charge on any atom is 0.339 e. The zero-order valence-corrected chi connectivity index (χ0v) is 7.64. The molecule has 0 aliphatic rings. The van der Waals surface area contributed by atoms with Gasteiger partial charge in [0.2, 0.25) is 0 Å². The second kappa shape index (κ2) is 5.18. The Bertz CT molecular complexity index is 315. The van der Waals surface area contributed by atoms with Crippen molar-refractivity contribution in [3.63, 3.8) is 0 Å². The number of pyridine rings is 1. The standard InChI is InChI=1S/C9H12N2O3/c10-3-1-5-14-8-6-11-4-2-7(8)9(12)13/h2,4,6H,1,3,5,10H2,(H,12,13). The second-order valence-electron chi connectivity index (χ2n) is 2.67. The largest absolute Gasteiger partial charge is 0.491 e. The molecule has 76 valence electrons. The first kappa shape index (κ1) is 10.5. The molecule has 5 nitrogen and oxygen atoms in total. The third-order valence-electron chi connectivity index (χ3n) is 1.62. The maximum absolute atomic E-state index is 10.7. The predicted octanol–water partition coefficient (Wildman–Crippen LogP) is 0.507. The van der Waals surface area contributed by atoms with Crippen LogP contribution in [0.5, 0.6) is 5.75 Å². The van der Waals surface area contributed by atoms with E-state index in [1.165, 1.54) is 18.5 Å². The van der Waals surface area contributed by atoms with E-state index < -0.39 is 5.97 Å². The van der Waals surface area contributed by atoms with Crippen LogP contribution < -0.4 is 10.5 Å². The molecule has 1 heterocycles. The van der Waals surface area contributed by atoms with E-state index >= 15 is 0 Å². The summed E-state index contributed by atoms with van der Waals surface area (Å²) < 4.78 is 5.22. The van der Waals surface area contributed by atoms with E-state index in [0.29, 0.717) is 19.6 Å². The predicted molar refractivity (Wildman–Crippen MR) is 50.4 cm³/mol. The van der Waals surface area contributed by atoms with Crippen LogP contribution in [0.4, 0.5) is 0 Å². The van der Waals surface area contributed by atoms with Crippen LogP contribution in [0.15, 0.2) is 18.5 Å². The third-order valence-corrected chi connectivity index (χ3v) is 1.62. The Morgan fingerprint density at radius 1 is 1.64 bits per heavy atom. The highest BCUT2D eigenvalue weighted by atomic mass is 16.5. The summed E-state index contributed by atoms with van der Waals surface area (Å²) in [5, 5.41) is 8.79. The molecule has 0 spiro atoms. The highest BCUT2D eigenvalue weighted by molar-refractivity contribution is 5.90. The molecule has 0 amide bonds. The Kier molecular flexibility index (Phi) is 3.87. The van der Waals surface area contributed by atoms with E-state index in [1.807, 2.05) is 0 Å². The van der Waals surface area contributed by atoms with Crippen LogP contribution in [0.25, 0.3) is 0 Å². The van der Waals surface area contributed by atoms with Gasteiger partial charge in [-0.3, -0.25) is 4.98 Å². The fourth-order valence-corrected chi connectivity index (χ4v) is 0.937. The summed E-state index contributed by atoms with van der Waals surface area (Å²) >= 11 is 0. The molecule has 0 fully saturated rings. The van der Waals surface area contributed by atoms with E-state index in [0.717, 1.165) is 0 Å². The van der Waals surface area contributed by atoms with E-state index in [1.54, 1.807) is 0 Å². The van der Waals surface area contributed by atoms with Crippen molar-refractivity contribution in [3.8, 4) is 5.75 Å². The van der Waals surface area contributed by atoms with Gasteiger partial charge in [-0.25, -0.2) is 4.79 Å². The number of nitrogens with zero attached hydrogens (tertiary/aromatic N) is 1. The van der Waals surface area contributed by atoms with Crippen LogP contribution >= 0.6 is 0 Å². The molecule has 0 atom stereocenters. The van der Waals surface area contributed by atoms with E-state index in [2.05, 4.69) is 4.98 Å². The van der Waals surface area contributed by atoms with Crippen molar-refractivity contribution in [2.45, 2.75) is 6.42 Å². The zero-order valence-electron chi connectivity index (χ0n) is 7.64. The van der Waals surface area contributed by atoms with Gasteiger partial charge >= 0.3 is 5.97 Å². The average molecular weight is 196 g/mol. The summed E-state index contributed by atoms with van der Waals surface area (Å²) in [5.41, 5.74) is 5.40. The lowest BCUT2D eigenvalue weighted by Gasteiger charge is -2.06. The van der Waals surface area contributed by atoms with Crippen molar-refractivity contribution in [1.29, 1.82) is 0 Å². The summed E-state index contributed by atoms with van der Waals surface area (Å²) in [6.07, 6.45) is 3.49. The Morgan fingerprint density at radius 2 is 2.43 bits per heavy atom. The lowest BCUT2D eigenvalue weighted by Crippen LogP contribution is -2.08. The number of rotatable bonds is 5. The van der Waals surface area contributed by atoms with Crippen LogP contribution in [0.2, 0.25) is 0 Å². The molecule has 14 heavy (non-hydrogen) atoms. The quantitative estimate of drug-likeness (QED) is 0.670. The van der Waals surface area contributed by atoms with Gasteiger partial charge < -0.3 is 15.6 Å². The number of aromatic nitrogens is 1. The Morgan fingerprint density at radius 3 is 3.07 bits per heavy atom. The average Bonchev–Trinajstić information content (AvgIpc) is 2.19. The summed E-state index contributed by atoms with van der Waals surface area (Å²) in [5.74, 6) is -0.733. The molecule has 0 bridgehead atoms. The number of ether oxygens (including phenoxy) is 1. The van der Waals surface area contributed by atoms with E-state index in [9.17, 15) is 4.79 Å². The smallest absolute Gasteiger partial charge is 0.339 e. The van der Waals surface area contributed by atoms with Crippen molar-refractivity contribution in [1.82, 2.24) is 4.98 Å². The van der Waals surface area contributed by atoms with Crippen LogP contribution in [0.3, 0.4) is 0 Å². The molecule has 5 heteroatoms. The Balaban J connectivity index is 2.69. The van der Waals surface area contributed by atoms with Gasteiger partial charge in [0.25, 0.3) is 0 Å². The monoisotopic (exact) mass is 196 g/mol. The third kappa shape index (κ3) is 2.70. The SMILES string of the molecule is NCCCOc1cnccc1C(=O)O. The van der Waals surface area contributed by atoms with Crippen LogP contribution in [0, 0.1) is 0 Å². The summed E-state index contributed by atoms with van der Waals surface area (Å²) in [4.78, 5) is 14.5. The van der Waals surface area contributed by atoms with Gasteiger partial charge in [-0.15, -0.1) is 0 Å². The maximum atomic E-state index is 10.7. The fourth-order valence-electron chi connectivity index (χ4n) is 0.937. The number of carboxylic acids is 1. The first-order chi connectivity index (χ1) is 6.75. The first-order valence-electron chi connectivity index (χ1n) is 4.26. The van der Waals surface area contributed by atoms with Gasteiger partial charge in [0, 0.05) is 6.20 Å². The Labute approximate surface area is 81.5 Å². The number of aromatic carboxylic acids is 1. The number of carboxylic acid groups (broad SMARTS) is 1. The summed E-state index contributed by atoms with van der Waals surface area (Å²) in [6, 6.07) is 1.40. The molecule has 0 aromatic carbocycles. The molecule has 0 aliphatic carbocycles. The fraction of sp³-hybridized carbons (Fsp3) is 0.333. The minimum absolute atomic E-state index is 0.122. The Hall–Kier alpha value is -1.62. The molecule has 1 aromatic rings.